The Hall–Kier alpha value is -2.22. The van der Waals surface area contributed by atoms with Gasteiger partial charge in [0, 0.05) is 30.2 Å². The zero-order chi connectivity index (χ0) is 18.4. The van der Waals surface area contributed by atoms with Crippen molar-refractivity contribution in [2.75, 3.05) is 38.2 Å². The molecule has 138 valence electrons. The normalized spacial score (nSPS) is 16.0. The van der Waals surface area contributed by atoms with Gasteiger partial charge in [0.15, 0.2) is 0 Å². The molecule has 1 aliphatic heterocycles. The molecule has 3 rings (SSSR count). The lowest BCUT2D eigenvalue weighted by molar-refractivity contribution is -0.136. The molecule has 1 aromatic heterocycles. The first kappa shape index (κ1) is 18.6. The van der Waals surface area contributed by atoms with Gasteiger partial charge in [-0.05, 0) is 30.0 Å². The summed E-state index contributed by atoms with van der Waals surface area (Å²) in [5.74, 6) is -1.27. The second kappa shape index (κ2) is 8.93. The van der Waals surface area contributed by atoms with Gasteiger partial charge in [0.2, 0.25) is 0 Å². The van der Waals surface area contributed by atoms with Gasteiger partial charge in [-0.3, -0.25) is 14.5 Å². The van der Waals surface area contributed by atoms with Crippen molar-refractivity contribution >= 4 is 28.8 Å². The molecule has 1 fully saturated rings. The molecular weight excluding hydrogens is 350 g/mol. The molecule has 1 saturated heterocycles. The second-order valence-electron chi connectivity index (χ2n) is 6.16. The summed E-state index contributed by atoms with van der Waals surface area (Å²) in [5, 5.41) is 7.47. The van der Waals surface area contributed by atoms with E-state index in [4.69, 9.17) is 4.74 Å². The number of thiophene rings is 1. The number of aryl methyl sites for hydroxylation is 1. The van der Waals surface area contributed by atoms with E-state index in [1.807, 2.05) is 36.6 Å². The third-order valence-corrected chi connectivity index (χ3v) is 5.39. The van der Waals surface area contributed by atoms with Crippen molar-refractivity contribution in [1.82, 2.24) is 10.2 Å². The maximum Gasteiger partial charge on any atom is 0.313 e. The number of hydrogen-bond acceptors (Lipinski definition) is 5. The zero-order valence-electron chi connectivity index (χ0n) is 14.7. The van der Waals surface area contributed by atoms with E-state index < -0.39 is 11.8 Å². The fourth-order valence-corrected chi connectivity index (χ4v) is 3.80. The van der Waals surface area contributed by atoms with E-state index in [1.54, 1.807) is 17.4 Å². The molecule has 26 heavy (non-hydrogen) atoms. The number of rotatable bonds is 5. The number of morpholine rings is 1. The zero-order valence-corrected chi connectivity index (χ0v) is 15.6. The fraction of sp³-hybridized carbons (Fsp3) is 0.368. The van der Waals surface area contributed by atoms with E-state index in [1.165, 1.54) is 4.88 Å². The van der Waals surface area contributed by atoms with Crippen molar-refractivity contribution in [2.24, 2.45) is 0 Å². The number of nitrogens with zero attached hydrogens (tertiary/aromatic N) is 1. The highest BCUT2D eigenvalue weighted by Crippen LogP contribution is 2.25. The van der Waals surface area contributed by atoms with Gasteiger partial charge >= 0.3 is 11.8 Å². The average molecular weight is 373 g/mol. The summed E-state index contributed by atoms with van der Waals surface area (Å²) in [6, 6.07) is 11.5. The molecule has 2 heterocycles. The third-order valence-electron chi connectivity index (χ3n) is 4.41. The average Bonchev–Trinajstić information content (AvgIpc) is 3.19. The monoisotopic (exact) mass is 373 g/mol. The van der Waals surface area contributed by atoms with Crippen molar-refractivity contribution < 1.29 is 14.3 Å². The Morgan fingerprint density at radius 3 is 2.62 bits per heavy atom. The number of amides is 2. The molecule has 0 aliphatic carbocycles. The van der Waals surface area contributed by atoms with E-state index in [2.05, 4.69) is 21.6 Å². The van der Waals surface area contributed by atoms with Crippen LogP contribution in [0.25, 0.3) is 0 Å². The minimum absolute atomic E-state index is 0.0501. The summed E-state index contributed by atoms with van der Waals surface area (Å²) in [4.78, 5) is 27.9. The molecule has 0 bridgehead atoms. The van der Waals surface area contributed by atoms with Crippen LogP contribution in [-0.2, 0) is 14.3 Å². The van der Waals surface area contributed by atoms with Crippen LogP contribution in [0.15, 0.2) is 41.8 Å². The molecule has 0 spiro atoms. The van der Waals surface area contributed by atoms with Crippen molar-refractivity contribution in [3.63, 3.8) is 0 Å². The number of nitrogens with one attached hydrogen (secondary N) is 2. The molecule has 1 aromatic carbocycles. The molecule has 0 saturated carbocycles. The van der Waals surface area contributed by atoms with E-state index in [0.29, 0.717) is 25.4 Å². The van der Waals surface area contributed by atoms with Crippen LogP contribution in [0.5, 0.6) is 0 Å². The Balaban J connectivity index is 1.60. The van der Waals surface area contributed by atoms with Crippen LogP contribution in [0, 0.1) is 6.92 Å². The lowest BCUT2D eigenvalue weighted by Gasteiger charge is -2.34. The van der Waals surface area contributed by atoms with Gasteiger partial charge in [-0.1, -0.05) is 24.3 Å². The number of ether oxygens (including phenoxy) is 1. The summed E-state index contributed by atoms with van der Waals surface area (Å²) in [5.41, 5.74) is 1.56. The molecule has 0 unspecified atom stereocenters. The standard InChI is InChI=1S/C19H23N3O3S/c1-14-5-2-3-6-15(14)21-19(24)18(23)20-13-16(17-7-4-12-26-17)22-8-10-25-11-9-22/h2-7,12,16H,8-11,13H2,1H3,(H,20,23)(H,21,24)/t16-/m0/s1. The van der Waals surface area contributed by atoms with Crippen molar-refractivity contribution in [3.05, 3.63) is 52.2 Å². The SMILES string of the molecule is Cc1ccccc1NC(=O)C(=O)NC[C@@H](c1cccs1)N1CCOCC1. The van der Waals surface area contributed by atoms with Crippen LogP contribution >= 0.6 is 11.3 Å². The topological polar surface area (TPSA) is 70.7 Å². The lowest BCUT2D eigenvalue weighted by atomic mass is 10.2. The second-order valence-corrected chi connectivity index (χ2v) is 7.14. The number of anilines is 1. The minimum Gasteiger partial charge on any atom is -0.379 e. The molecule has 0 radical (unpaired) electrons. The van der Waals surface area contributed by atoms with E-state index in [9.17, 15) is 9.59 Å². The molecule has 1 atom stereocenters. The maximum absolute atomic E-state index is 12.3. The van der Waals surface area contributed by atoms with Gasteiger partial charge in [0.1, 0.15) is 0 Å². The van der Waals surface area contributed by atoms with Crippen LogP contribution in [0.3, 0.4) is 0 Å². The highest BCUT2D eigenvalue weighted by atomic mass is 32.1. The smallest absolute Gasteiger partial charge is 0.313 e. The first-order valence-corrected chi connectivity index (χ1v) is 9.53. The molecule has 2 aromatic rings. The number of para-hydroxylation sites is 1. The molecule has 6 nitrogen and oxygen atoms in total. The van der Waals surface area contributed by atoms with Gasteiger partial charge in [-0.2, -0.15) is 0 Å². The summed E-state index contributed by atoms with van der Waals surface area (Å²) in [6.07, 6.45) is 0. The van der Waals surface area contributed by atoms with Gasteiger partial charge in [0.25, 0.3) is 0 Å². The number of hydrogen-bond donors (Lipinski definition) is 2. The Morgan fingerprint density at radius 1 is 1.15 bits per heavy atom. The van der Waals surface area contributed by atoms with Crippen LogP contribution in [0.1, 0.15) is 16.5 Å². The van der Waals surface area contributed by atoms with Gasteiger partial charge < -0.3 is 15.4 Å². The number of carbonyl (C=O) groups is 2. The Kier molecular flexibility index (Phi) is 6.38. The largest absolute Gasteiger partial charge is 0.379 e. The van der Waals surface area contributed by atoms with Crippen molar-refractivity contribution in [1.29, 1.82) is 0 Å². The highest BCUT2D eigenvalue weighted by Gasteiger charge is 2.25. The first-order valence-electron chi connectivity index (χ1n) is 8.65. The van der Waals surface area contributed by atoms with Gasteiger partial charge in [-0.25, -0.2) is 0 Å². The van der Waals surface area contributed by atoms with Gasteiger partial charge in [-0.15, -0.1) is 11.3 Å². The summed E-state index contributed by atoms with van der Waals surface area (Å²) < 4.78 is 5.42. The molecule has 1 aliphatic rings. The molecule has 2 amide bonds. The van der Waals surface area contributed by atoms with Gasteiger partial charge in [0.05, 0.1) is 19.3 Å². The van der Waals surface area contributed by atoms with Crippen molar-refractivity contribution in [2.45, 2.75) is 13.0 Å². The third kappa shape index (κ3) is 4.69. The highest BCUT2D eigenvalue weighted by molar-refractivity contribution is 7.10. The summed E-state index contributed by atoms with van der Waals surface area (Å²) in [7, 11) is 0. The van der Waals surface area contributed by atoms with Crippen LogP contribution in [0.4, 0.5) is 5.69 Å². The van der Waals surface area contributed by atoms with Crippen LogP contribution in [-0.4, -0.2) is 49.6 Å². The van der Waals surface area contributed by atoms with Crippen molar-refractivity contribution in [3.8, 4) is 0 Å². The van der Waals surface area contributed by atoms with E-state index in [-0.39, 0.29) is 6.04 Å². The van der Waals surface area contributed by atoms with Crippen LogP contribution in [0.2, 0.25) is 0 Å². The predicted molar refractivity (Wildman–Crippen MR) is 102 cm³/mol. The fourth-order valence-electron chi connectivity index (χ4n) is 2.94. The van der Waals surface area contributed by atoms with E-state index >= 15 is 0 Å². The number of carbonyl (C=O) groups excluding carboxylic acids is 2. The molecule has 7 heteroatoms. The molecule has 2 N–H and O–H groups in total. The Bertz CT molecular complexity index is 742. The van der Waals surface area contributed by atoms with Crippen LogP contribution < -0.4 is 10.6 Å². The predicted octanol–water partition coefficient (Wildman–Crippen LogP) is 2.18. The molecular formula is C19H23N3O3S. The summed E-state index contributed by atoms with van der Waals surface area (Å²) in [6.45, 7) is 5.27. The quantitative estimate of drug-likeness (QED) is 0.788. The number of benzene rings is 1. The Labute approximate surface area is 157 Å². The minimum atomic E-state index is -0.647. The first-order chi connectivity index (χ1) is 12.6. The summed E-state index contributed by atoms with van der Waals surface area (Å²) >= 11 is 1.65. The maximum atomic E-state index is 12.3. The Morgan fingerprint density at radius 2 is 1.92 bits per heavy atom. The lowest BCUT2D eigenvalue weighted by Crippen LogP contribution is -2.45. The van der Waals surface area contributed by atoms with E-state index in [0.717, 1.165) is 18.7 Å².